The van der Waals surface area contributed by atoms with E-state index >= 15 is 0 Å². The first-order chi connectivity index (χ1) is 14.0. The SMILES string of the molecule is COc1cc(CN2CCN(C(=O)Nc3cccc(Cl)c3)CC2)cc(OC)c1OC. The number of benzene rings is 2. The lowest BCUT2D eigenvalue weighted by Gasteiger charge is -2.34. The Hall–Kier alpha value is -2.64. The summed E-state index contributed by atoms with van der Waals surface area (Å²) in [6.07, 6.45) is 0. The van der Waals surface area contributed by atoms with Crippen LogP contribution in [0, 0.1) is 0 Å². The van der Waals surface area contributed by atoms with Gasteiger partial charge >= 0.3 is 6.03 Å². The number of carbonyl (C=O) groups is 1. The molecule has 8 heteroatoms. The summed E-state index contributed by atoms with van der Waals surface area (Å²) in [5, 5.41) is 3.49. The van der Waals surface area contributed by atoms with E-state index in [1.54, 1.807) is 33.5 Å². The van der Waals surface area contributed by atoms with Gasteiger partial charge in [0.2, 0.25) is 5.75 Å². The van der Waals surface area contributed by atoms with Crippen LogP contribution in [-0.4, -0.2) is 63.3 Å². The van der Waals surface area contributed by atoms with E-state index in [0.29, 0.717) is 41.0 Å². The molecule has 1 heterocycles. The molecular formula is C21H26ClN3O4. The Kier molecular flexibility index (Phi) is 7.06. The van der Waals surface area contributed by atoms with Gasteiger partial charge in [-0.3, -0.25) is 4.90 Å². The molecule has 0 atom stereocenters. The minimum atomic E-state index is -0.111. The summed E-state index contributed by atoms with van der Waals surface area (Å²) in [5.41, 5.74) is 1.76. The number of carbonyl (C=O) groups excluding carboxylic acids is 1. The molecule has 1 N–H and O–H groups in total. The van der Waals surface area contributed by atoms with Crippen LogP contribution in [0.2, 0.25) is 5.02 Å². The van der Waals surface area contributed by atoms with Crippen LogP contribution < -0.4 is 19.5 Å². The van der Waals surface area contributed by atoms with Gasteiger partial charge in [0.15, 0.2) is 11.5 Å². The van der Waals surface area contributed by atoms with Gasteiger partial charge in [-0.1, -0.05) is 17.7 Å². The Balaban J connectivity index is 1.58. The predicted molar refractivity (Wildman–Crippen MR) is 113 cm³/mol. The number of methoxy groups -OCH3 is 3. The lowest BCUT2D eigenvalue weighted by Crippen LogP contribution is -2.49. The van der Waals surface area contributed by atoms with Crippen molar-refractivity contribution >= 4 is 23.3 Å². The monoisotopic (exact) mass is 419 g/mol. The highest BCUT2D eigenvalue weighted by molar-refractivity contribution is 6.30. The molecule has 29 heavy (non-hydrogen) atoms. The largest absolute Gasteiger partial charge is 0.493 e. The Morgan fingerprint density at radius 3 is 2.21 bits per heavy atom. The van der Waals surface area contributed by atoms with Gasteiger partial charge in [0, 0.05) is 43.4 Å². The van der Waals surface area contributed by atoms with E-state index in [4.69, 9.17) is 25.8 Å². The van der Waals surface area contributed by atoms with Gasteiger partial charge in [-0.25, -0.2) is 4.79 Å². The van der Waals surface area contributed by atoms with Gasteiger partial charge in [0.25, 0.3) is 0 Å². The molecule has 0 aliphatic carbocycles. The number of hydrogen-bond donors (Lipinski definition) is 1. The predicted octanol–water partition coefficient (Wildman–Crippen LogP) is 3.72. The fourth-order valence-corrected chi connectivity index (χ4v) is 3.55. The van der Waals surface area contributed by atoms with E-state index in [1.807, 2.05) is 29.2 Å². The first kappa shape index (κ1) is 21.1. The van der Waals surface area contributed by atoms with Crippen LogP contribution in [0.1, 0.15) is 5.56 Å². The van der Waals surface area contributed by atoms with Crippen molar-refractivity contribution in [1.82, 2.24) is 9.80 Å². The highest BCUT2D eigenvalue weighted by Gasteiger charge is 2.22. The molecule has 0 bridgehead atoms. The molecule has 2 aromatic carbocycles. The Bertz CT molecular complexity index is 829. The molecule has 3 rings (SSSR count). The molecule has 156 valence electrons. The maximum absolute atomic E-state index is 12.5. The minimum absolute atomic E-state index is 0.111. The van der Waals surface area contributed by atoms with E-state index in [1.165, 1.54) is 0 Å². The highest BCUT2D eigenvalue weighted by atomic mass is 35.5. The summed E-state index contributed by atoms with van der Waals surface area (Å²) >= 11 is 5.98. The number of rotatable bonds is 6. The number of nitrogens with zero attached hydrogens (tertiary/aromatic N) is 2. The van der Waals surface area contributed by atoms with Gasteiger partial charge in [-0.05, 0) is 35.9 Å². The number of ether oxygens (including phenoxy) is 3. The molecule has 1 aliphatic rings. The highest BCUT2D eigenvalue weighted by Crippen LogP contribution is 2.38. The summed E-state index contributed by atoms with van der Waals surface area (Å²) in [6, 6.07) is 11.0. The second kappa shape index (κ2) is 9.71. The summed E-state index contributed by atoms with van der Waals surface area (Å²) in [6.45, 7) is 3.59. The van der Waals surface area contributed by atoms with Crippen LogP contribution in [0.25, 0.3) is 0 Å². The maximum atomic E-state index is 12.5. The van der Waals surface area contributed by atoms with Crippen molar-refractivity contribution < 1.29 is 19.0 Å². The number of anilines is 1. The quantitative estimate of drug-likeness (QED) is 0.773. The Labute approximate surface area is 176 Å². The fraction of sp³-hybridized carbons (Fsp3) is 0.381. The van der Waals surface area contributed by atoms with Crippen molar-refractivity contribution in [3.63, 3.8) is 0 Å². The number of piperazine rings is 1. The van der Waals surface area contributed by atoms with E-state index < -0.39 is 0 Å². The van der Waals surface area contributed by atoms with Gasteiger partial charge in [-0.2, -0.15) is 0 Å². The number of amides is 2. The van der Waals surface area contributed by atoms with Crippen molar-refractivity contribution in [2.24, 2.45) is 0 Å². The zero-order chi connectivity index (χ0) is 20.8. The number of hydrogen-bond acceptors (Lipinski definition) is 5. The summed E-state index contributed by atoms with van der Waals surface area (Å²) < 4.78 is 16.2. The second-order valence-corrected chi connectivity index (χ2v) is 7.17. The third kappa shape index (κ3) is 5.25. The van der Waals surface area contributed by atoms with Crippen molar-refractivity contribution in [2.75, 3.05) is 52.8 Å². The molecular weight excluding hydrogens is 394 g/mol. The average Bonchev–Trinajstić information content (AvgIpc) is 2.73. The van der Waals surface area contributed by atoms with Crippen LogP contribution >= 0.6 is 11.6 Å². The van der Waals surface area contributed by atoms with E-state index in [0.717, 1.165) is 25.2 Å². The van der Waals surface area contributed by atoms with Crippen LogP contribution in [-0.2, 0) is 6.54 Å². The average molecular weight is 420 g/mol. The first-order valence-corrected chi connectivity index (χ1v) is 9.74. The first-order valence-electron chi connectivity index (χ1n) is 9.36. The van der Waals surface area contributed by atoms with Crippen molar-refractivity contribution in [2.45, 2.75) is 6.54 Å². The van der Waals surface area contributed by atoms with Crippen LogP contribution in [0.3, 0.4) is 0 Å². The molecule has 0 saturated carbocycles. The molecule has 7 nitrogen and oxygen atoms in total. The smallest absolute Gasteiger partial charge is 0.321 e. The van der Waals surface area contributed by atoms with Crippen molar-refractivity contribution in [3.05, 3.63) is 47.0 Å². The molecule has 0 unspecified atom stereocenters. The van der Waals surface area contributed by atoms with Gasteiger partial charge < -0.3 is 24.4 Å². The molecule has 2 aromatic rings. The molecule has 1 saturated heterocycles. The molecule has 2 amide bonds. The lowest BCUT2D eigenvalue weighted by atomic mass is 10.1. The van der Waals surface area contributed by atoms with Crippen LogP contribution in [0.5, 0.6) is 17.2 Å². The fourth-order valence-electron chi connectivity index (χ4n) is 3.36. The standard InChI is InChI=1S/C21H26ClN3O4/c1-27-18-11-15(12-19(28-2)20(18)29-3)14-24-7-9-25(10-8-24)21(26)23-17-6-4-5-16(22)13-17/h4-6,11-13H,7-10,14H2,1-3H3,(H,23,26). The normalized spacial score (nSPS) is 14.4. The maximum Gasteiger partial charge on any atom is 0.321 e. The van der Waals surface area contributed by atoms with Crippen LogP contribution in [0.15, 0.2) is 36.4 Å². The summed E-state index contributed by atoms with van der Waals surface area (Å²) in [7, 11) is 4.81. The van der Waals surface area contributed by atoms with Gasteiger partial charge in [0.1, 0.15) is 0 Å². The Morgan fingerprint density at radius 2 is 1.66 bits per heavy atom. The molecule has 1 fully saturated rings. The van der Waals surface area contributed by atoms with Gasteiger partial charge in [-0.15, -0.1) is 0 Å². The zero-order valence-electron chi connectivity index (χ0n) is 16.9. The molecule has 1 aliphatic heterocycles. The summed E-state index contributed by atoms with van der Waals surface area (Å²) in [5.74, 6) is 1.86. The lowest BCUT2D eigenvalue weighted by molar-refractivity contribution is 0.143. The van der Waals surface area contributed by atoms with Crippen molar-refractivity contribution in [1.29, 1.82) is 0 Å². The second-order valence-electron chi connectivity index (χ2n) is 6.74. The number of halogens is 1. The Morgan fingerprint density at radius 1 is 1.00 bits per heavy atom. The topological polar surface area (TPSA) is 63.3 Å². The number of nitrogens with one attached hydrogen (secondary N) is 1. The molecule has 0 spiro atoms. The van der Waals surface area contributed by atoms with Gasteiger partial charge in [0.05, 0.1) is 21.3 Å². The minimum Gasteiger partial charge on any atom is -0.493 e. The molecule has 0 aromatic heterocycles. The van der Waals surface area contributed by atoms with E-state index in [2.05, 4.69) is 10.2 Å². The summed E-state index contributed by atoms with van der Waals surface area (Å²) in [4.78, 5) is 16.6. The zero-order valence-corrected chi connectivity index (χ0v) is 17.7. The third-order valence-electron chi connectivity index (χ3n) is 4.87. The molecule has 0 radical (unpaired) electrons. The van der Waals surface area contributed by atoms with Crippen LogP contribution in [0.4, 0.5) is 10.5 Å². The van der Waals surface area contributed by atoms with E-state index in [-0.39, 0.29) is 6.03 Å². The van der Waals surface area contributed by atoms with Crippen molar-refractivity contribution in [3.8, 4) is 17.2 Å². The van der Waals surface area contributed by atoms with E-state index in [9.17, 15) is 4.79 Å². The third-order valence-corrected chi connectivity index (χ3v) is 5.10. The number of urea groups is 1.